The number of carbonyl (C=O) groups is 2. The third-order valence-electron chi connectivity index (χ3n) is 6.32. The fraction of sp³-hybridized carbons (Fsp3) is 0.188. The lowest BCUT2D eigenvalue weighted by Crippen LogP contribution is -2.20. The predicted octanol–water partition coefficient (Wildman–Crippen LogP) is 7.30. The van der Waals surface area contributed by atoms with Crippen molar-refractivity contribution in [2.45, 2.75) is 30.4 Å². The van der Waals surface area contributed by atoms with Crippen LogP contribution in [0.3, 0.4) is 0 Å². The van der Waals surface area contributed by atoms with E-state index in [2.05, 4.69) is 17.6 Å². The molecule has 1 unspecified atom stereocenters. The number of benzene rings is 4. The number of carbonyl (C=O) groups excluding carboxylic acids is 2. The summed E-state index contributed by atoms with van der Waals surface area (Å²) in [5.74, 6) is 0.651. The normalized spacial score (nSPS) is 11.4. The lowest BCUT2D eigenvalue weighted by atomic mass is 10.1. The fourth-order valence-electron chi connectivity index (χ4n) is 4.26. The van der Waals surface area contributed by atoms with Crippen LogP contribution in [0.15, 0.2) is 95.9 Å². The Morgan fingerprint density at radius 1 is 0.821 bits per heavy atom. The van der Waals surface area contributed by atoms with Crippen LogP contribution in [0.25, 0.3) is 0 Å². The number of rotatable bonds is 10. The van der Waals surface area contributed by atoms with E-state index in [-0.39, 0.29) is 11.8 Å². The maximum Gasteiger partial charge on any atom is 0.255 e. The molecule has 0 saturated carbocycles. The number of hydrogen-bond donors (Lipinski definition) is 2. The van der Waals surface area contributed by atoms with Crippen LogP contribution < -0.4 is 20.1 Å². The van der Waals surface area contributed by atoms with Gasteiger partial charge in [0.15, 0.2) is 11.5 Å². The smallest absolute Gasteiger partial charge is 0.255 e. The topological polar surface area (TPSA) is 76.7 Å². The number of aryl methyl sites for hydroxylation is 2. The van der Waals surface area contributed by atoms with Crippen LogP contribution in [0, 0.1) is 6.92 Å². The van der Waals surface area contributed by atoms with Crippen molar-refractivity contribution in [2.24, 2.45) is 0 Å². The van der Waals surface area contributed by atoms with Crippen LogP contribution >= 0.6 is 11.8 Å². The van der Waals surface area contributed by atoms with Crippen molar-refractivity contribution in [2.75, 3.05) is 24.9 Å². The van der Waals surface area contributed by atoms with Gasteiger partial charge in [-0.2, -0.15) is 0 Å². The number of hydrogen-bond acceptors (Lipinski definition) is 5. The second-order valence-electron chi connectivity index (χ2n) is 8.91. The van der Waals surface area contributed by atoms with Crippen LogP contribution in [-0.4, -0.2) is 26.0 Å². The van der Waals surface area contributed by atoms with Gasteiger partial charge in [-0.3, -0.25) is 9.59 Å². The Morgan fingerprint density at radius 2 is 1.56 bits per heavy atom. The Balaban J connectivity index is 1.56. The molecule has 1 atom stereocenters. The van der Waals surface area contributed by atoms with Gasteiger partial charge in [0.05, 0.1) is 14.2 Å². The molecule has 0 radical (unpaired) electrons. The lowest BCUT2D eigenvalue weighted by molar-refractivity contribution is -0.115. The third-order valence-corrected chi connectivity index (χ3v) is 7.57. The number of ether oxygens (including phenoxy) is 2. The van der Waals surface area contributed by atoms with Gasteiger partial charge in [0.2, 0.25) is 5.91 Å². The average Bonchev–Trinajstić information content (AvgIpc) is 2.97. The van der Waals surface area contributed by atoms with E-state index in [9.17, 15) is 9.59 Å². The number of nitrogens with one attached hydrogen (secondary N) is 2. The molecule has 0 spiro atoms. The molecule has 0 bridgehead atoms. The zero-order valence-electron chi connectivity index (χ0n) is 22.5. The van der Waals surface area contributed by atoms with E-state index in [0.717, 1.165) is 33.7 Å². The van der Waals surface area contributed by atoms with Crippen LogP contribution in [0.5, 0.6) is 11.5 Å². The highest BCUT2D eigenvalue weighted by atomic mass is 32.2. The van der Waals surface area contributed by atoms with Gasteiger partial charge in [-0.05, 0) is 66.4 Å². The molecule has 0 fully saturated rings. The van der Waals surface area contributed by atoms with Crippen LogP contribution in [-0.2, 0) is 11.2 Å². The number of anilines is 2. The molecule has 39 heavy (non-hydrogen) atoms. The monoisotopic (exact) mass is 540 g/mol. The van der Waals surface area contributed by atoms with Crippen LogP contribution in [0.4, 0.5) is 11.4 Å². The molecular formula is C32H32N2O4S. The summed E-state index contributed by atoms with van der Waals surface area (Å²) in [6.45, 7) is 4.08. The van der Waals surface area contributed by atoms with Crippen LogP contribution in [0.2, 0.25) is 0 Å². The largest absolute Gasteiger partial charge is 0.493 e. The highest BCUT2D eigenvalue weighted by Gasteiger charge is 2.24. The molecule has 0 aromatic heterocycles. The van der Waals surface area contributed by atoms with Gasteiger partial charge in [0, 0.05) is 21.8 Å². The Bertz CT molecular complexity index is 1460. The number of methoxy groups -OCH3 is 2. The summed E-state index contributed by atoms with van der Waals surface area (Å²) in [6, 6.07) is 28.3. The lowest BCUT2D eigenvalue weighted by Gasteiger charge is -2.20. The summed E-state index contributed by atoms with van der Waals surface area (Å²) in [5, 5.41) is 5.64. The summed E-state index contributed by atoms with van der Waals surface area (Å²) in [7, 11) is 3.08. The van der Waals surface area contributed by atoms with E-state index in [4.69, 9.17) is 9.47 Å². The highest BCUT2D eigenvalue weighted by molar-refractivity contribution is 8.00. The molecule has 4 aromatic carbocycles. The first-order valence-corrected chi connectivity index (χ1v) is 13.6. The Kier molecular flexibility index (Phi) is 9.28. The van der Waals surface area contributed by atoms with Gasteiger partial charge in [-0.25, -0.2) is 0 Å². The molecule has 0 aliphatic rings. The molecule has 2 N–H and O–H groups in total. The maximum absolute atomic E-state index is 13.7. The van der Waals surface area contributed by atoms with Crippen molar-refractivity contribution >= 4 is 35.0 Å². The van der Waals surface area contributed by atoms with E-state index in [1.807, 2.05) is 79.7 Å². The van der Waals surface area contributed by atoms with E-state index in [1.54, 1.807) is 25.3 Å². The molecule has 0 saturated heterocycles. The minimum Gasteiger partial charge on any atom is -0.493 e. The number of para-hydroxylation sites is 1. The van der Waals surface area contributed by atoms with Crippen molar-refractivity contribution in [3.63, 3.8) is 0 Å². The molecule has 0 aliphatic heterocycles. The van der Waals surface area contributed by atoms with E-state index in [0.29, 0.717) is 22.7 Å². The number of thioether (sulfide) groups is 1. The Morgan fingerprint density at radius 3 is 2.28 bits per heavy atom. The molecule has 6 nitrogen and oxygen atoms in total. The molecule has 0 heterocycles. The van der Waals surface area contributed by atoms with Gasteiger partial charge < -0.3 is 20.1 Å². The SMILES string of the molecule is CCc1cccc(C)c1NC(=O)C(Sc1cccc(NC(=O)c2ccc(OC)c(OC)c2)c1)c1ccccc1. The standard InChI is InChI=1S/C32H32N2O4S/c1-5-22-14-9-11-21(2)29(22)34-32(36)30(23-12-7-6-8-13-23)39-26-16-10-15-25(20-26)33-31(35)24-17-18-27(37-3)28(19-24)38-4/h6-20,30H,5H2,1-4H3,(H,33,35)(H,34,36). The zero-order chi connectivity index (χ0) is 27.8. The Labute approximate surface area is 233 Å². The second kappa shape index (κ2) is 13.0. The van der Waals surface area contributed by atoms with Crippen molar-refractivity contribution in [1.82, 2.24) is 0 Å². The number of amides is 2. The fourth-order valence-corrected chi connectivity index (χ4v) is 5.34. The first-order valence-electron chi connectivity index (χ1n) is 12.7. The minimum absolute atomic E-state index is 0.102. The van der Waals surface area contributed by atoms with Gasteiger partial charge >= 0.3 is 0 Å². The first kappa shape index (κ1) is 27.8. The average molecular weight is 541 g/mol. The molecule has 4 rings (SSSR count). The molecule has 0 aliphatic carbocycles. The maximum atomic E-state index is 13.7. The van der Waals surface area contributed by atoms with Crippen LogP contribution in [0.1, 0.15) is 39.2 Å². The predicted molar refractivity (Wildman–Crippen MR) is 158 cm³/mol. The van der Waals surface area contributed by atoms with Gasteiger partial charge in [0.1, 0.15) is 5.25 Å². The summed E-state index contributed by atoms with van der Waals surface area (Å²) >= 11 is 1.44. The van der Waals surface area contributed by atoms with Crippen molar-refractivity contribution in [3.8, 4) is 11.5 Å². The molecule has 2 amide bonds. The summed E-state index contributed by atoms with van der Waals surface area (Å²) in [4.78, 5) is 27.5. The molecular weight excluding hydrogens is 508 g/mol. The van der Waals surface area contributed by atoms with Crippen molar-refractivity contribution in [3.05, 3.63) is 113 Å². The van der Waals surface area contributed by atoms with Gasteiger partial charge in [0.25, 0.3) is 5.91 Å². The third kappa shape index (κ3) is 6.81. The summed E-state index contributed by atoms with van der Waals surface area (Å²) < 4.78 is 10.6. The van der Waals surface area contributed by atoms with Crippen molar-refractivity contribution < 1.29 is 19.1 Å². The molecule has 4 aromatic rings. The van der Waals surface area contributed by atoms with E-state index >= 15 is 0 Å². The quantitative estimate of drug-likeness (QED) is 0.206. The molecule has 200 valence electrons. The summed E-state index contributed by atoms with van der Waals surface area (Å²) in [5.41, 5.74) is 4.95. The summed E-state index contributed by atoms with van der Waals surface area (Å²) in [6.07, 6.45) is 0.822. The highest BCUT2D eigenvalue weighted by Crippen LogP contribution is 2.38. The second-order valence-corrected chi connectivity index (χ2v) is 10.1. The Hall–Kier alpha value is -4.23. The van der Waals surface area contributed by atoms with Crippen molar-refractivity contribution in [1.29, 1.82) is 0 Å². The van der Waals surface area contributed by atoms with Gasteiger partial charge in [-0.15, -0.1) is 11.8 Å². The first-order chi connectivity index (χ1) is 18.9. The minimum atomic E-state index is -0.493. The van der Waals surface area contributed by atoms with E-state index < -0.39 is 5.25 Å². The zero-order valence-corrected chi connectivity index (χ0v) is 23.3. The van der Waals surface area contributed by atoms with E-state index in [1.165, 1.54) is 18.9 Å². The molecule has 7 heteroatoms. The van der Waals surface area contributed by atoms with Gasteiger partial charge in [-0.1, -0.05) is 61.5 Å².